The minimum atomic E-state index is -0.192. The summed E-state index contributed by atoms with van der Waals surface area (Å²) in [6.07, 6.45) is 0.131. The van der Waals surface area contributed by atoms with Crippen LogP contribution in [-0.4, -0.2) is 11.7 Å². The normalized spacial score (nSPS) is 11.0. The molecule has 0 aliphatic heterocycles. The second kappa shape index (κ2) is 10.2. The predicted molar refractivity (Wildman–Crippen MR) is 128 cm³/mol. The van der Waals surface area contributed by atoms with E-state index in [1.54, 1.807) is 4.90 Å². The molecule has 3 rings (SSSR count). The molecule has 3 aromatic rings. The summed E-state index contributed by atoms with van der Waals surface area (Å²) < 4.78 is 0. The van der Waals surface area contributed by atoms with Crippen LogP contribution in [0, 0.1) is 0 Å². The molecule has 0 aromatic heterocycles. The molecule has 3 heteroatoms. The first-order chi connectivity index (χ1) is 14.9. The van der Waals surface area contributed by atoms with E-state index in [4.69, 9.17) is 0 Å². The van der Waals surface area contributed by atoms with Crippen molar-refractivity contribution in [2.45, 2.75) is 52.4 Å². The SMILES string of the molecule is CC(C)c1cccc(C(C)C)c1N(C(=O)CC(=O)Cc1ccccc1)c1ccccc1. The van der Waals surface area contributed by atoms with Gasteiger partial charge in [0.2, 0.25) is 5.91 Å². The van der Waals surface area contributed by atoms with Gasteiger partial charge in [0.15, 0.2) is 0 Å². The number of amides is 1. The summed E-state index contributed by atoms with van der Waals surface area (Å²) >= 11 is 0. The molecule has 0 saturated carbocycles. The van der Waals surface area contributed by atoms with Crippen molar-refractivity contribution in [1.29, 1.82) is 0 Å². The minimum absolute atomic E-state index is 0.0785. The molecule has 0 N–H and O–H groups in total. The smallest absolute Gasteiger partial charge is 0.239 e. The topological polar surface area (TPSA) is 37.4 Å². The third-order valence-corrected chi connectivity index (χ3v) is 5.42. The monoisotopic (exact) mass is 413 g/mol. The number of carbonyl (C=O) groups is 2. The number of ketones is 1. The average Bonchev–Trinajstić information content (AvgIpc) is 2.75. The van der Waals surface area contributed by atoms with Gasteiger partial charge in [-0.05, 0) is 40.7 Å². The Hall–Kier alpha value is -3.20. The summed E-state index contributed by atoms with van der Waals surface area (Å²) in [4.78, 5) is 28.1. The van der Waals surface area contributed by atoms with Gasteiger partial charge in [0, 0.05) is 12.1 Å². The van der Waals surface area contributed by atoms with Crippen molar-refractivity contribution in [3.8, 4) is 0 Å². The molecule has 0 radical (unpaired) electrons. The standard InChI is InChI=1S/C28H31NO2/c1-20(2)25-16-11-17-26(21(3)4)28(25)29(23-14-9-6-10-15-23)27(31)19-24(30)18-22-12-7-5-8-13-22/h5-17,20-21H,18-19H2,1-4H3. The van der Waals surface area contributed by atoms with Gasteiger partial charge in [0.25, 0.3) is 0 Å². The number of rotatable bonds is 8. The van der Waals surface area contributed by atoms with Gasteiger partial charge in [-0.3, -0.25) is 14.5 Å². The summed E-state index contributed by atoms with van der Waals surface area (Å²) in [5.74, 6) is 0.216. The zero-order valence-corrected chi connectivity index (χ0v) is 18.8. The van der Waals surface area contributed by atoms with Crippen LogP contribution in [-0.2, 0) is 16.0 Å². The number of nitrogens with zero attached hydrogens (tertiary/aromatic N) is 1. The highest BCUT2D eigenvalue weighted by Crippen LogP contribution is 2.39. The van der Waals surface area contributed by atoms with Crippen LogP contribution in [0.4, 0.5) is 11.4 Å². The van der Waals surface area contributed by atoms with Crippen LogP contribution in [0.1, 0.15) is 62.6 Å². The Balaban J connectivity index is 2.03. The van der Waals surface area contributed by atoms with Crippen LogP contribution in [0.15, 0.2) is 78.9 Å². The number of para-hydroxylation sites is 2. The molecule has 0 spiro atoms. The number of hydrogen-bond acceptors (Lipinski definition) is 2. The molecule has 0 unspecified atom stereocenters. The van der Waals surface area contributed by atoms with Gasteiger partial charge in [0.05, 0.1) is 12.1 Å². The first-order valence-electron chi connectivity index (χ1n) is 10.9. The average molecular weight is 414 g/mol. The van der Waals surface area contributed by atoms with Crippen molar-refractivity contribution in [3.63, 3.8) is 0 Å². The lowest BCUT2D eigenvalue weighted by atomic mass is 9.91. The van der Waals surface area contributed by atoms with Crippen LogP contribution in [0.25, 0.3) is 0 Å². The summed E-state index contributed by atoms with van der Waals surface area (Å²) in [6.45, 7) is 8.54. The summed E-state index contributed by atoms with van der Waals surface area (Å²) in [6, 6.07) is 25.5. The number of benzene rings is 3. The van der Waals surface area contributed by atoms with Gasteiger partial charge in [-0.15, -0.1) is 0 Å². The maximum absolute atomic E-state index is 13.6. The fraction of sp³-hybridized carbons (Fsp3) is 0.286. The van der Waals surface area contributed by atoms with Gasteiger partial charge in [-0.2, -0.15) is 0 Å². The van der Waals surface area contributed by atoms with Crippen LogP contribution in [0.3, 0.4) is 0 Å². The van der Waals surface area contributed by atoms with E-state index in [-0.39, 0.29) is 36.4 Å². The molecule has 0 bridgehead atoms. The van der Waals surface area contributed by atoms with Crippen molar-refractivity contribution in [2.24, 2.45) is 0 Å². The van der Waals surface area contributed by atoms with Crippen LogP contribution in [0.5, 0.6) is 0 Å². The van der Waals surface area contributed by atoms with E-state index >= 15 is 0 Å². The molecular formula is C28H31NO2. The van der Waals surface area contributed by atoms with Crippen molar-refractivity contribution in [3.05, 3.63) is 95.6 Å². The Kier molecular flexibility index (Phi) is 7.41. The van der Waals surface area contributed by atoms with Crippen molar-refractivity contribution < 1.29 is 9.59 Å². The second-order valence-corrected chi connectivity index (χ2v) is 8.54. The third-order valence-electron chi connectivity index (χ3n) is 5.42. The zero-order valence-electron chi connectivity index (χ0n) is 18.8. The fourth-order valence-corrected chi connectivity index (χ4v) is 3.88. The molecule has 0 atom stereocenters. The van der Waals surface area contributed by atoms with Gasteiger partial charge >= 0.3 is 0 Å². The van der Waals surface area contributed by atoms with E-state index < -0.39 is 0 Å². The number of anilines is 2. The molecular weight excluding hydrogens is 382 g/mol. The summed E-state index contributed by atoms with van der Waals surface area (Å²) in [5, 5.41) is 0. The van der Waals surface area contributed by atoms with Gasteiger partial charge in [0.1, 0.15) is 5.78 Å². The molecule has 3 aromatic carbocycles. The lowest BCUT2D eigenvalue weighted by Gasteiger charge is -2.30. The molecule has 160 valence electrons. The second-order valence-electron chi connectivity index (χ2n) is 8.54. The first-order valence-corrected chi connectivity index (χ1v) is 10.9. The van der Waals surface area contributed by atoms with E-state index in [1.807, 2.05) is 60.7 Å². The number of hydrogen-bond donors (Lipinski definition) is 0. The van der Waals surface area contributed by atoms with Crippen molar-refractivity contribution in [1.82, 2.24) is 0 Å². The molecule has 0 aliphatic carbocycles. The Morgan fingerprint density at radius 1 is 0.710 bits per heavy atom. The summed E-state index contributed by atoms with van der Waals surface area (Å²) in [5.41, 5.74) is 4.85. The Labute approximate surface area is 185 Å². The maximum atomic E-state index is 13.6. The minimum Gasteiger partial charge on any atom is -0.299 e. The Bertz CT molecular complexity index is 997. The third kappa shape index (κ3) is 5.49. The fourth-order valence-electron chi connectivity index (χ4n) is 3.88. The van der Waals surface area contributed by atoms with Crippen LogP contribution in [0.2, 0.25) is 0 Å². The molecule has 0 fully saturated rings. The quantitative estimate of drug-likeness (QED) is 0.381. The summed E-state index contributed by atoms with van der Waals surface area (Å²) in [7, 11) is 0. The highest BCUT2D eigenvalue weighted by Gasteiger charge is 2.27. The van der Waals surface area contributed by atoms with Crippen LogP contribution < -0.4 is 4.90 Å². The molecule has 31 heavy (non-hydrogen) atoms. The number of carbonyl (C=O) groups excluding carboxylic acids is 2. The lowest BCUT2D eigenvalue weighted by Crippen LogP contribution is -2.30. The largest absolute Gasteiger partial charge is 0.299 e. The first kappa shape index (κ1) is 22.5. The van der Waals surface area contributed by atoms with Crippen molar-refractivity contribution in [2.75, 3.05) is 4.90 Å². The molecule has 0 aliphatic rings. The van der Waals surface area contributed by atoms with E-state index in [0.29, 0.717) is 0 Å². The van der Waals surface area contributed by atoms with Gasteiger partial charge in [-0.1, -0.05) is 94.4 Å². The lowest BCUT2D eigenvalue weighted by molar-refractivity contribution is -0.126. The van der Waals surface area contributed by atoms with Gasteiger partial charge in [-0.25, -0.2) is 0 Å². The Morgan fingerprint density at radius 2 is 1.23 bits per heavy atom. The molecule has 1 amide bonds. The number of Topliss-reactive ketones (excluding diaryl/α,β-unsaturated/α-hetero) is 1. The Morgan fingerprint density at radius 3 is 1.74 bits per heavy atom. The predicted octanol–water partition coefficient (Wildman–Crippen LogP) is 6.80. The highest BCUT2D eigenvalue weighted by molar-refractivity contribution is 6.10. The zero-order chi connectivity index (χ0) is 22.4. The van der Waals surface area contributed by atoms with E-state index in [1.165, 1.54) is 0 Å². The van der Waals surface area contributed by atoms with E-state index in [0.717, 1.165) is 28.1 Å². The van der Waals surface area contributed by atoms with Crippen LogP contribution >= 0.6 is 0 Å². The molecule has 3 nitrogen and oxygen atoms in total. The van der Waals surface area contributed by atoms with Gasteiger partial charge < -0.3 is 0 Å². The molecule has 0 saturated heterocycles. The molecule has 0 heterocycles. The van der Waals surface area contributed by atoms with E-state index in [9.17, 15) is 9.59 Å². The highest BCUT2D eigenvalue weighted by atomic mass is 16.2. The maximum Gasteiger partial charge on any atom is 0.239 e. The van der Waals surface area contributed by atoms with Crippen molar-refractivity contribution >= 4 is 23.1 Å². The van der Waals surface area contributed by atoms with E-state index in [2.05, 4.69) is 45.9 Å².